The first kappa shape index (κ1) is 17.7. The summed E-state index contributed by atoms with van der Waals surface area (Å²) in [6, 6.07) is 7.38. The van der Waals surface area contributed by atoms with Crippen molar-refractivity contribution in [1.29, 1.82) is 0 Å². The molecular formula is C17H22ClN5O2. The van der Waals surface area contributed by atoms with Gasteiger partial charge in [-0.2, -0.15) is 4.98 Å². The van der Waals surface area contributed by atoms with E-state index in [1.807, 2.05) is 24.3 Å². The zero-order valence-electron chi connectivity index (χ0n) is 14.2. The predicted octanol–water partition coefficient (Wildman–Crippen LogP) is 2.28. The van der Waals surface area contributed by atoms with E-state index in [1.54, 1.807) is 7.05 Å². The molecule has 134 valence electrons. The summed E-state index contributed by atoms with van der Waals surface area (Å²) in [6.45, 7) is 2.26. The van der Waals surface area contributed by atoms with Crippen LogP contribution in [0.3, 0.4) is 0 Å². The van der Waals surface area contributed by atoms with Crippen molar-refractivity contribution in [3.8, 4) is 11.4 Å². The summed E-state index contributed by atoms with van der Waals surface area (Å²) in [4.78, 5) is 8.60. The number of hydrogen-bond donors (Lipinski definition) is 2. The van der Waals surface area contributed by atoms with Crippen molar-refractivity contribution in [2.45, 2.75) is 25.4 Å². The number of ether oxygens (including phenoxy) is 1. The van der Waals surface area contributed by atoms with Gasteiger partial charge in [-0.15, -0.1) is 0 Å². The van der Waals surface area contributed by atoms with Crippen LogP contribution in [0.25, 0.3) is 11.4 Å². The highest BCUT2D eigenvalue weighted by Crippen LogP contribution is 2.19. The molecule has 1 unspecified atom stereocenters. The first-order chi connectivity index (χ1) is 12.2. The normalized spacial score (nSPS) is 17.7. The Kier molecular flexibility index (Phi) is 6.25. The van der Waals surface area contributed by atoms with Crippen molar-refractivity contribution in [2.75, 3.05) is 26.7 Å². The van der Waals surface area contributed by atoms with Gasteiger partial charge in [0.15, 0.2) is 5.96 Å². The Labute approximate surface area is 151 Å². The van der Waals surface area contributed by atoms with Gasteiger partial charge in [-0.1, -0.05) is 28.9 Å². The first-order valence-electron chi connectivity index (χ1n) is 8.39. The maximum Gasteiger partial charge on any atom is 0.228 e. The lowest BCUT2D eigenvalue weighted by Crippen LogP contribution is -2.41. The molecule has 1 aliphatic heterocycles. The number of nitrogens with one attached hydrogen (secondary N) is 2. The maximum absolute atomic E-state index is 5.99. The molecule has 0 saturated carbocycles. The fourth-order valence-electron chi connectivity index (χ4n) is 2.63. The van der Waals surface area contributed by atoms with E-state index < -0.39 is 0 Å². The Morgan fingerprint density at radius 3 is 3.08 bits per heavy atom. The van der Waals surface area contributed by atoms with Crippen LogP contribution >= 0.6 is 11.6 Å². The van der Waals surface area contributed by atoms with Gasteiger partial charge in [0.1, 0.15) is 0 Å². The molecular weight excluding hydrogens is 342 g/mol. The number of aliphatic imine (C=N–C) groups is 1. The van der Waals surface area contributed by atoms with Crippen molar-refractivity contribution in [1.82, 2.24) is 20.8 Å². The predicted molar refractivity (Wildman–Crippen MR) is 96.8 cm³/mol. The van der Waals surface area contributed by atoms with E-state index in [2.05, 4.69) is 25.8 Å². The highest BCUT2D eigenvalue weighted by molar-refractivity contribution is 6.30. The molecule has 2 aromatic rings. The lowest BCUT2D eigenvalue weighted by atomic mass is 10.2. The Balaban J connectivity index is 1.45. The Morgan fingerprint density at radius 1 is 1.40 bits per heavy atom. The van der Waals surface area contributed by atoms with E-state index >= 15 is 0 Å². The minimum atomic E-state index is 0.273. The monoisotopic (exact) mass is 363 g/mol. The van der Waals surface area contributed by atoms with Gasteiger partial charge < -0.3 is 19.9 Å². The van der Waals surface area contributed by atoms with E-state index in [9.17, 15) is 0 Å². The van der Waals surface area contributed by atoms with E-state index in [0.717, 1.165) is 37.5 Å². The second-order valence-corrected chi connectivity index (χ2v) is 6.22. The summed E-state index contributed by atoms with van der Waals surface area (Å²) in [7, 11) is 1.74. The summed E-state index contributed by atoms with van der Waals surface area (Å²) in [6.07, 6.45) is 3.10. The molecule has 2 heterocycles. The van der Waals surface area contributed by atoms with Crippen molar-refractivity contribution in [3.63, 3.8) is 0 Å². The third-order valence-electron chi connectivity index (χ3n) is 3.93. The van der Waals surface area contributed by atoms with Crippen LogP contribution in [0.2, 0.25) is 5.02 Å². The minimum absolute atomic E-state index is 0.273. The van der Waals surface area contributed by atoms with Gasteiger partial charge in [-0.25, -0.2) is 0 Å². The SMILES string of the molecule is CN=C(NCCc1nc(-c2cccc(Cl)c2)no1)NCC1CCCO1. The van der Waals surface area contributed by atoms with Gasteiger partial charge in [0, 0.05) is 43.8 Å². The summed E-state index contributed by atoms with van der Waals surface area (Å²) >= 11 is 5.99. The smallest absolute Gasteiger partial charge is 0.228 e. The molecule has 0 aliphatic carbocycles. The van der Waals surface area contributed by atoms with Crippen LogP contribution < -0.4 is 10.6 Å². The molecule has 1 fully saturated rings. The van der Waals surface area contributed by atoms with Crippen molar-refractivity contribution < 1.29 is 9.26 Å². The van der Waals surface area contributed by atoms with Crippen LogP contribution in [-0.2, 0) is 11.2 Å². The molecule has 0 radical (unpaired) electrons. The van der Waals surface area contributed by atoms with Gasteiger partial charge in [-0.05, 0) is 25.0 Å². The number of hydrogen-bond acceptors (Lipinski definition) is 5. The zero-order valence-corrected chi connectivity index (χ0v) is 14.9. The molecule has 8 heteroatoms. The largest absolute Gasteiger partial charge is 0.376 e. The Bertz CT molecular complexity index is 713. The van der Waals surface area contributed by atoms with Crippen molar-refractivity contribution in [3.05, 3.63) is 35.2 Å². The van der Waals surface area contributed by atoms with Gasteiger partial charge in [-0.3, -0.25) is 4.99 Å². The van der Waals surface area contributed by atoms with Crippen LogP contribution in [0.5, 0.6) is 0 Å². The second kappa shape index (κ2) is 8.82. The molecule has 25 heavy (non-hydrogen) atoms. The molecule has 7 nitrogen and oxygen atoms in total. The molecule has 1 aromatic heterocycles. The highest BCUT2D eigenvalue weighted by atomic mass is 35.5. The molecule has 0 amide bonds. The summed E-state index contributed by atoms with van der Waals surface area (Å²) in [5.41, 5.74) is 0.837. The lowest BCUT2D eigenvalue weighted by molar-refractivity contribution is 0.114. The number of guanidine groups is 1. The lowest BCUT2D eigenvalue weighted by Gasteiger charge is -2.14. The average Bonchev–Trinajstić information content (AvgIpc) is 3.30. The molecule has 1 aromatic carbocycles. The minimum Gasteiger partial charge on any atom is -0.376 e. The Morgan fingerprint density at radius 2 is 2.32 bits per heavy atom. The molecule has 0 bridgehead atoms. The summed E-state index contributed by atoms with van der Waals surface area (Å²) in [5.74, 6) is 1.85. The van der Waals surface area contributed by atoms with Crippen LogP contribution in [0.4, 0.5) is 0 Å². The van der Waals surface area contributed by atoms with Crippen LogP contribution in [0.1, 0.15) is 18.7 Å². The van der Waals surface area contributed by atoms with Gasteiger partial charge >= 0.3 is 0 Å². The summed E-state index contributed by atoms with van der Waals surface area (Å²) < 4.78 is 10.9. The number of nitrogens with zero attached hydrogens (tertiary/aromatic N) is 3. The van der Waals surface area contributed by atoms with Crippen LogP contribution in [0, 0.1) is 0 Å². The van der Waals surface area contributed by atoms with Crippen molar-refractivity contribution >= 4 is 17.6 Å². The van der Waals surface area contributed by atoms with E-state index in [4.69, 9.17) is 20.9 Å². The van der Waals surface area contributed by atoms with E-state index in [-0.39, 0.29) is 6.10 Å². The fourth-order valence-corrected chi connectivity index (χ4v) is 2.82. The van der Waals surface area contributed by atoms with Gasteiger partial charge in [0.05, 0.1) is 6.10 Å². The molecule has 3 rings (SSSR count). The number of aromatic nitrogens is 2. The fraction of sp³-hybridized carbons (Fsp3) is 0.471. The topological polar surface area (TPSA) is 84.6 Å². The van der Waals surface area contributed by atoms with Crippen molar-refractivity contribution in [2.24, 2.45) is 4.99 Å². The average molecular weight is 364 g/mol. The molecule has 0 spiro atoms. The third-order valence-corrected chi connectivity index (χ3v) is 4.16. The van der Waals surface area contributed by atoms with Crippen LogP contribution in [-0.4, -0.2) is 48.9 Å². The second-order valence-electron chi connectivity index (χ2n) is 5.79. The standard InChI is InChI=1S/C17H22ClN5O2/c1-19-17(21-11-14-6-3-9-24-14)20-8-7-15-22-16(23-25-15)12-4-2-5-13(18)10-12/h2,4-5,10,14H,3,6-9,11H2,1H3,(H2,19,20,21). The van der Waals surface area contributed by atoms with Crippen LogP contribution in [0.15, 0.2) is 33.8 Å². The van der Waals surface area contributed by atoms with Gasteiger partial charge in [0.2, 0.25) is 11.7 Å². The molecule has 1 saturated heterocycles. The Hall–Kier alpha value is -2.12. The van der Waals surface area contributed by atoms with E-state index in [0.29, 0.717) is 29.7 Å². The zero-order chi connectivity index (χ0) is 17.5. The number of benzene rings is 1. The quantitative estimate of drug-likeness (QED) is 0.605. The van der Waals surface area contributed by atoms with E-state index in [1.165, 1.54) is 0 Å². The number of rotatable bonds is 6. The highest BCUT2D eigenvalue weighted by Gasteiger charge is 2.15. The first-order valence-corrected chi connectivity index (χ1v) is 8.77. The molecule has 1 atom stereocenters. The number of halogens is 1. The third kappa shape index (κ3) is 5.17. The van der Waals surface area contributed by atoms with Gasteiger partial charge in [0.25, 0.3) is 0 Å². The molecule has 1 aliphatic rings. The summed E-state index contributed by atoms with van der Waals surface area (Å²) in [5, 5.41) is 11.1. The molecule has 2 N–H and O–H groups in total. The maximum atomic E-state index is 5.99.